The van der Waals surface area contributed by atoms with E-state index < -0.39 is 63.3 Å². The van der Waals surface area contributed by atoms with E-state index in [9.17, 15) is 19.2 Å². The molecule has 14 nitrogen and oxygen atoms in total. The Morgan fingerprint density at radius 2 is 1.02 bits per heavy atom. The van der Waals surface area contributed by atoms with Crippen molar-refractivity contribution in [2.45, 2.75) is 52.7 Å². The molecule has 0 aromatic carbocycles. The van der Waals surface area contributed by atoms with Gasteiger partial charge in [0.2, 0.25) is 0 Å². The number of methoxy groups -OCH3 is 3. The minimum Gasteiger partial charge on any atom is -0.478 e. The molecule has 20 heteroatoms. The summed E-state index contributed by atoms with van der Waals surface area (Å²) in [6.45, 7) is 10.9. The Kier molecular flexibility index (Phi) is 13.3. The van der Waals surface area contributed by atoms with Gasteiger partial charge in [-0.3, -0.25) is 9.97 Å². The van der Waals surface area contributed by atoms with Gasteiger partial charge in [0, 0.05) is 43.7 Å². The van der Waals surface area contributed by atoms with Crippen LogP contribution < -0.4 is 5.46 Å². The number of aryl methyl sites for hydroxylation is 2. The van der Waals surface area contributed by atoms with E-state index in [1.807, 2.05) is 27.7 Å². The Hall–Kier alpha value is -3.52. The molecule has 4 aromatic rings. The molecular formula is C35H36BBr3Cl2N4O10. The lowest BCUT2D eigenvalue weighted by Crippen LogP contribution is -2.41. The smallest absolute Gasteiger partial charge is 0.478 e. The van der Waals surface area contributed by atoms with E-state index in [1.54, 1.807) is 20.0 Å². The molecule has 55 heavy (non-hydrogen) atoms. The number of hydrogen-bond donors (Lipinski definition) is 1. The first kappa shape index (κ1) is 34.7. The normalized spacial score (nSPS) is 16.5. The highest BCUT2D eigenvalue weighted by Crippen LogP contribution is 2.36. The number of carboxylic acids is 1. The van der Waals surface area contributed by atoms with Gasteiger partial charge in [0.1, 0.15) is 10.3 Å². The second kappa shape index (κ2) is 21.1. The highest BCUT2D eigenvalue weighted by atomic mass is 79.9. The molecule has 0 amide bonds. The molecule has 0 radical (unpaired) electrons. The molecule has 0 atom stereocenters. The lowest BCUT2D eigenvalue weighted by atomic mass is 9.79. The van der Waals surface area contributed by atoms with Gasteiger partial charge >= 0.3 is 31.0 Å². The largest absolute Gasteiger partial charge is 0.496 e. The van der Waals surface area contributed by atoms with Crippen LogP contribution in [0, 0.1) is 13.8 Å². The average molecular weight is 1000 g/mol. The van der Waals surface area contributed by atoms with Crippen molar-refractivity contribution in [1.82, 2.24) is 19.9 Å². The zero-order valence-electron chi connectivity index (χ0n) is 38.5. The molecule has 5 heterocycles. The molecule has 0 spiro atoms. The summed E-state index contributed by atoms with van der Waals surface area (Å²) in [6, 6.07) is 5.70. The number of aromatic carboxylic acids is 1. The molecule has 0 bridgehead atoms. The van der Waals surface area contributed by atoms with Gasteiger partial charge in [-0.1, -0.05) is 23.2 Å². The molecule has 1 aliphatic heterocycles. The fourth-order valence-corrected chi connectivity index (χ4v) is 5.24. The third-order valence-corrected chi connectivity index (χ3v) is 9.37. The number of aromatic nitrogens is 4. The number of rotatable bonds is 5. The summed E-state index contributed by atoms with van der Waals surface area (Å²) in [5.74, 6) is -3.97. The van der Waals surface area contributed by atoms with Gasteiger partial charge in [-0.25, -0.2) is 29.1 Å². The van der Waals surface area contributed by atoms with Crippen molar-refractivity contribution in [2.24, 2.45) is 0 Å². The Labute approximate surface area is 366 Å². The van der Waals surface area contributed by atoms with Crippen LogP contribution in [0.15, 0.2) is 62.5 Å². The number of halogens is 5. The number of carbonyl (C=O) groups is 4. The van der Waals surface area contributed by atoms with Gasteiger partial charge in [-0.15, -0.1) is 0 Å². The van der Waals surface area contributed by atoms with Crippen molar-refractivity contribution in [3.63, 3.8) is 0 Å². The number of hydrogen-bond acceptors (Lipinski definition) is 13. The lowest BCUT2D eigenvalue weighted by Gasteiger charge is -2.32. The van der Waals surface area contributed by atoms with E-state index in [0.29, 0.717) is 30.3 Å². The summed E-state index contributed by atoms with van der Waals surface area (Å²) in [6.07, 6.45) is 5.88. The Balaban J connectivity index is 0.000000304. The van der Waals surface area contributed by atoms with Crippen molar-refractivity contribution in [3.8, 4) is 0 Å². The number of carboxylic acid groups (broad SMARTS) is 1. The first-order valence-corrected chi connectivity index (χ1v) is 18.2. The number of nitrogens with zero attached hydrogens (tertiary/aromatic N) is 4. The van der Waals surface area contributed by atoms with Crippen molar-refractivity contribution in [3.05, 3.63) is 106 Å². The van der Waals surface area contributed by atoms with Crippen LogP contribution in [0.2, 0.25) is 10.3 Å². The van der Waals surface area contributed by atoms with Crippen LogP contribution in [0.5, 0.6) is 0 Å². The van der Waals surface area contributed by atoms with Gasteiger partial charge in [0.15, 0.2) is 0 Å². The van der Waals surface area contributed by atoms with Crippen LogP contribution in [-0.2, 0) is 23.5 Å². The molecule has 1 aliphatic rings. The van der Waals surface area contributed by atoms with Crippen LogP contribution in [-0.4, -0.2) is 88.4 Å². The number of pyridine rings is 4. The van der Waals surface area contributed by atoms with E-state index in [4.69, 9.17) is 50.0 Å². The van der Waals surface area contributed by atoms with E-state index in [1.165, 1.54) is 42.9 Å². The second-order valence-corrected chi connectivity index (χ2v) is 15.2. The molecule has 1 fully saturated rings. The van der Waals surface area contributed by atoms with Crippen molar-refractivity contribution in [2.75, 3.05) is 21.1 Å². The molecular weight excluding hydrogens is 958 g/mol. The predicted octanol–water partition coefficient (Wildman–Crippen LogP) is 7.89. The average Bonchev–Trinajstić information content (AvgIpc) is 3.35. The maximum absolute atomic E-state index is 12.0. The van der Waals surface area contributed by atoms with E-state index >= 15 is 0 Å². The van der Waals surface area contributed by atoms with Crippen molar-refractivity contribution < 1.29 is 60.1 Å². The molecule has 0 unspecified atom stereocenters. The molecule has 294 valence electrons. The lowest BCUT2D eigenvalue weighted by molar-refractivity contribution is 0.00578. The third kappa shape index (κ3) is 13.6. The number of carbonyl (C=O) groups excluding carboxylic acids is 3. The monoisotopic (exact) mass is 999 g/mol. The van der Waals surface area contributed by atoms with Gasteiger partial charge in [0.05, 0.1) is 78.3 Å². The summed E-state index contributed by atoms with van der Waals surface area (Å²) >= 11 is 20.4. The predicted molar refractivity (Wildman–Crippen MR) is 216 cm³/mol. The molecule has 1 N–H and O–H groups in total. The van der Waals surface area contributed by atoms with E-state index in [0.717, 1.165) is 0 Å². The van der Waals surface area contributed by atoms with Gasteiger partial charge in [0.25, 0.3) is 0 Å². The van der Waals surface area contributed by atoms with Gasteiger partial charge in [-0.2, -0.15) is 0 Å². The Morgan fingerprint density at radius 1 is 0.655 bits per heavy atom. The second-order valence-electron chi connectivity index (χ2n) is 11.7. The summed E-state index contributed by atoms with van der Waals surface area (Å²) in [5.41, 5.74) is 0.403. The summed E-state index contributed by atoms with van der Waals surface area (Å²) in [7, 11) is -9.01. The topological polar surface area (TPSA) is 186 Å². The van der Waals surface area contributed by atoms with Crippen LogP contribution in [0.4, 0.5) is 0 Å². The molecule has 4 aromatic heterocycles. The Bertz CT molecular complexity index is 2270. The van der Waals surface area contributed by atoms with Crippen LogP contribution in [0.3, 0.4) is 0 Å². The van der Waals surface area contributed by atoms with Gasteiger partial charge in [-0.05, 0) is 114 Å². The first-order chi connectivity index (χ1) is 29.0. The quantitative estimate of drug-likeness (QED) is 0.0880. The fraction of sp³-hybridized carbons (Fsp3) is 0.314. The SMILES string of the molecule is O=C(O)c1cc(Br)cnc1Cl.[2H]C([2H])([2H])OC(=O)c1cc(B2OC(C)(C)C(C)(C)O2)cnc1C.[2H]C([2H])([2H])OC(=O)c1cc(Br)cnc1C.[2H]C([2H])([2H])OC(=O)c1cc(Br)cnc1Cl. The van der Waals surface area contributed by atoms with Crippen molar-refractivity contribution >= 4 is 107 Å². The Morgan fingerprint density at radius 3 is 1.45 bits per heavy atom. The highest BCUT2D eigenvalue weighted by molar-refractivity contribution is 9.11. The minimum atomic E-state index is -2.80. The highest BCUT2D eigenvalue weighted by Gasteiger charge is 2.52. The molecule has 0 aliphatic carbocycles. The molecule has 0 saturated carbocycles. The molecule has 1 saturated heterocycles. The summed E-state index contributed by atoms with van der Waals surface area (Å²) in [5, 5.41) is 8.44. The van der Waals surface area contributed by atoms with Crippen LogP contribution in [0.25, 0.3) is 0 Å². The van der Waals surface area contributed by atoms with Crippen LogP contribution in [0.1, 0.15) is 92.9 Å². The maximum Gasteiger partial charge on any atom is 0.496 e. The van der Waals surface area contributed by atoms with E-state index in [-0.39, 0.29) is 32.6 Å². The standard InChI is InChI=1S/C14H20BNO4.C8H8BrNO2.C7H5BrClNO2.C6H3BrClNO2/c1-9-11(12(17)18-6)7-10(8-16-9)15-19-13(2,3)14(4,5)20-15;1-5-7(8(11)12-2)3-6(9)4-10-5;1-12-7(11)5-2-4(8)3-10-6(5)9;7-3-1-4(6(10)11)5(8)9-2-3/h7-8H,1-6H3;3-4H,1-2H3;2-3H,1H3;1-2H,(H,10,11)/i6D3;2D3;1D3;. The summed E-state index contributed by atoms with van der Waals surface area (Å²) < 4.78 is 88.1. The zero-order valence-corrected chi connectivity index (χ0v) is 35.8. The van der Waals surface area contributed by atoms with Gasteiger partial charge < -0.3 is 28.6 Å². The maximum atomic E-state index is 12.0. The first-order valence-electron chi connectivity index (χ1n) is 19.5. The fourth-order valence-electron chi connectivity index (χ4n) is 3.88. The minimum absolute atomic E-state index is 0.000648. The summed E-state index contributed by atoms with van der Waals surface area (Å²) in [4.78, 5) is 60.4. The number of ether oxygens (including phenoxy) is 3. The number of esters is 3. The van der Waals surface area contributed by atoms with E-state index in [2.05, 4.69) is 81.9 Å². The molecule has 5 rings (SSSR count). The van der Waals surface area contributed by atoms with Crippen molar-refractivity contribution in [1.29, 1.82) is 0 Å². The van der Waals surface area contributed by atoms with Crippen LogP contribution >= 0.6 is 71.0 Å². The zero-order chi connectivity index (χ0) is 49.3. The third-order valence-electron chi connectivity index (χ3n) is 7.47.